The van der Waals surface area contributed by atoms with Crippen molar-refractivity contribution in [2.75, 3.05) is 27.3 Å². The number of carboxylic acids is 2. The summed E-state index contributed by atoms with van der Waals surface area (Å²) in [5.41, 5.74) is 10.2. The maximum Gasteiger partial charge on any atom is 0.511 e. The number of hydrogen-bond acceptors (Lipinski definition) is 18. The summed E-state index contributed by atoms with van der Waals surface area (Å²) in [6.07, 6.45) is 19.2. The van der Waals surface area contributed by atoms with Crippen molar-refractivity contribution in [1.82, 2.24) is 57.6 Å². The lowest BCUT2D eigenvalue weighted by Crippen LogP contribution is -2.45. The van der Waals surface area contributed by atoms with Crippen molar-refractivity contribution in [3.8, 4) is 23.4 Å². The van der Waals surface area contributed by atoms with Crippen LogP contribution in [0, 0.1) is 12.8 Å². The summed E-state index contributed by atoms with van der Waals surface area (Å²) in [6, 6.07) is 23.0. The normalized spacial score (nSPS) is 14.2. The fraction of sp³-hybridized carbons (Fsp3) is 0.548. The van der Waals surface area contributed by atoms with E-state index in [9.17, 15) is 28.8 Å². The number of aryl methyl sites for hydroxylation is 7. The van der Waals surface area contributed by atoms with Crippen molar-refractivity contribution in [3.05, 3.63) is 112 Å². The van der Waals surface area contributed by atoms with Crippen LogP contribution < -0.4 is 9.47 Å². The zero-order valence-corrected chi connectivity index (χ0v) is 69.5. The van der Waals surface area contributed by atoms with Crippen LogP contribution in [0.5, 0.6) is 12.0 Å². The monoisotopic (exact) mass is 1570 g/mol. The summed E-state index contributed by atoms with van der Waals surface area (Å²) in [5, 5.41) is 27.5. The second kappa shape index (κ2) is 42.7. The van der Waals surface area contributed by atoms with Crippen molar-refractivity contribution in [1.29, 1.82) is 0 Å². The highest BCUT2D eigenvalue weighted by molar-refractivity contribution is 6.30. The molecule has 0 saturated heterocycles. The number of aliphatic hydroxyl groups is 1. The Labute approximate surface area is 663 Å². The van der Waals surface area contributed by atoms with Crippen molar-refractivity contribution in [3.63, 3.8) is 0 Å². The lowest BCUT2D eigenvalue weighted by Gasteiger charge is -2.27. The number of benzene rings is 4. The Balaban J connectivity index is 0.000000191. The Morgan fingerprint density at radius 1 is 0.625 bits per heavy atom. The van der Waals surface area contributed by atoms with E-state index < -0.39 is 36.4 Å². The van der Waals surface area contributed by atoms with E-state index in [1.807, 2.05) is 59.3 Å². The number of halogens is 1. The number of carbonyl (C=O) groups excluding carboxylic acids is 4. The van der Waals surface area contributed by atoms with Crippen LogP contribution in [0.25, 0.3) is 55.5 Å². The largest absolute Gasteiger partial charge is 0.511 e. The van der Waals surface area contributed by atoms with E-state index in [4.69, 9.17) is 65.6 Å². The van der Waals surface area contributed by atoms with Gasteiger partial charge >= 0.3 is 24.1 Å². The number of aliphatic hydroxyl groups excluding tert-OH is 1. The lowest BCUT2D eigenvalue weighted by molar-refractivity contribution is -0.151. The fourth-order valence-electron chi connectivity index (χ4n) is 14.1. The number of imidazole rings is 5. The van der Waals surface area contributed by atoms with Gasteiger partial charge in [0.15, 0.2) is 5.15 Å². The van der Waals surface area contributed by atoms with Crippen LogP contribution >= 0.6 is 11.6 Å². The standard InChI is InChI=1S/C21H24N4.C20H26N2O6.C12H20N2O.C11H12N2O3.C11H21NO3.C9H15ClN2O/c1-5-6-11-19-23-20-14(2)12-15(13-18(20)24(19)3)21-22-16-9-7-8-10-17(16)25(21)4;1-4-25-19-21-16-12-8-11-15(17(16)22(19)3)18(23)26-13(2)27-20(24)28-14-9-6-5-7-10-14;1-3-4-7-10-13-12(8-5-6-9-12)11(15)14(10)2;1-3-16-11-12-8-6-4-5-7(10(14)15)9(8)13(11)2;1-5-6-7-9(13)12(4)10(8(2)3)11(14)15;1-3-4-5-8-11-9(10)7(6-13)12(8)2/h7-10,12-13H,5-6,11H2,1-4H3;8,11-14H,4-7,9-10H2,1-3H3;3-9H2,1-2H3;4-6H,3H2,1-2H3,(H,14,15);8,10H,5-7H2,1-4H3,(H,14,15);13H,3-6H2,1-2H3/t;;;;10-;/m....0./s1. The molecule has 0 bridgehead atoms. The van der Waals surface area contributed by atoms with E-state index >= 15 is 0 Å². The molecule has 2 saturated carbocycles. The van der Waals surface area contributed by atoms with Gasteiger partial charge in [-0.05, 0) is 145 Å². The van der Waals surface area contributed by atoms with Gasteiger partial charge in [0.1, 0.15) is 41.0 Å². The minimum Gasteiger partial charge on any atom is -0.480 e. The number of nitrogens with zero attached hydrogens (tertiary/aromatic N) is 13. The molecule has 3 N–H and O–H groups in total. The first kappa shape index (κ1) is 89.3. The van der Waals surface area contributed by atoms with Gasteiger partial charge in [0, 0.05) is 87.5 Å². The molecule has 2 amide bonds. The number of esters is 1. The summed E-state index contributed by atoms with van der Waals surface area (Å²) in [6.45, 7) is 20.4. The fourth-order valence-corrected chi connectivity index (χ4v) is 14.4. The maximum absolute atomic E-state index is 12.6. The Bertz CT molecular complexity index is 4670. The van der Waals surface area contributed by atoms with E-state index in [-0.39, 0.29) is 41.5 Å². The van der Waals surface area contributed by atoms with Gasteiger partial charge in [-0.1, -0.05) is 122 Å². The van der Waals surface area contributed by atoms with Gasteiger partial charge in [0.25, 0.3) is 17.9 Å². The quantitative estimate of drug-likeness (QED) is 0.0335. The molecule has 9 aromatic rings. The van der Waals surface area contributed by atoms with Crippen LogP contribution in [0.1, 0.15) is 228 Å². The summed E-state index contributed by atoms with van der Waals surface area (Å²) in [4.78, 5) is 101. The first-order chi connectivity index (χ1) is 53.5. The molecule has 5 aromatic heterocycles. The van der Waals surface area contributed by atoms with Crippen molar-refractivity contribution in [2.24, 2.45) is 46.1 Å². The topological polar surface area (TPSA) is 317 Å². The van der Waals surface area contributed by atoms with Crippen molar-refractivity contribution in [2.45, 2.75) is 235 Å². The molecule has 1 aliphatic heterocycles. The average Bonchev–Trinajstić information content (AvgIpc) is 1.62. The third kappa shape index (κ3) is 22.5. The summed E-state index contributed by atoms with van der Waals surface area (Å²) < 4.78 is 36.1. The molecule has 1 unspecified atom stereocenters. The van der Waals surface area contributed by atoms with Crippen molar-refractivity contribution >= 4 is 97.4 Å². The van der Waals surface area contributed by atoms with Crippen molar-refractivity contribution < 1.29 is 67.8 Å². The highest BCUT2D eigenvalue weighted by Gasteiger charge is 2.48. The molecule has 2 fully saturated rings. The molecule has 2 atom stereocenters. The minimum atomic E-state index is -1.07. The van der Waals surface area contributed by atoms with E-state index in [1.54, 1.807) is 71.6 Å². The molecule has 12 rings (SSSR count). The molecule has 27 nitrogen and oxygen atoms in total. The Kier molecular flexibility index (Phi) is 34.0. The maximum atomic E-state index is 12.6. The number of carboxylic acid groups (broad SMARTS) is 2. The molecular weight excluding hydrogens is 1450 g/mol. The molecular formula is C84H118ClN13O14. The SMILES string of the molecule is CCCCC(=O)N(C)[C@H](C(=O)O)C(C)C.CCCCC1=NC2(CCCC2)C(=O)N1C.CCCCc1nc(Cl)c(CO)n1C.CCCCc1nc2c(C)cc(-c3nc4ccccc4n3C)cc2n1C.CCOc1nc2cccc(C(=O)O)c2n1C.CCOc1nc2cccc(C(=O)OC(C)OC(=O)OC3CCCCC3)c2n1C. The first-order valence-corrected chi connectivity index (χ1v) is 39.9. The third-order valence-corrected chi connectivity index (χ3v) is 20.6. The lowest BCUT2D eigenvalue weighted by atomic mass is 9.98. The number of rotatable bonds is 26. The van der Waals surface area contributed by atoms with Gasteiger partial charge in [-0.25, -0.2) is 34.1 Å². The molecule has 6 heterocycles. The highest BCUT2D eigenvalue weighted by Crippen LogP contribution is 2.39. The number of para-hydroxylation sites is 4. The molecule has 2 aliphatic carbocycles. The van der Waals surface area contributed by atoms with Gasteiger partial charge in [-0.15, -0.1) is 0 Å². The predicted octanol–water partition coefficient (Wildman–Crippen LogP) is 16.4. The average molecular weight is 1570 g/mol. The predicted molar refractivity (Wildman–Crippen MR) is 436 cm³/mol. The number of aliphatic carboxylic acids is 1. The number of aromatic carboxylic acids is 1. The molecule has 0 radical (unpaired) electrons. The van der Waals surface area contributed by atoms with Crippen LogP contribution in [0.3, 0.4) is 0 Å². The second-order valence-corrected chi connectivity index (χ2v) is 29.3. The first-order valence-electron chi connectivity index (χ1n) is 39.6. The summed E-state index contributed by atoms with van der Waals surface area (Å²) >= 11 is 5.84. The number of aliphatic imine (C=N–C) groups is 1. The minimum absolute atomic E-state index is 0.0472. The van der Waals surface area contributed by atoms with Gasteiger partial charge in [-0.2, -0.15) is 9.97 Å². The summed E-state index contributed by atoms with van der Waals surface area (Å²) in [7, 11) is 13.0. The number of amides is 2. The highest BCUT2D eigenvalue weighted by atomic mass is 35.5. The van der Waals surface area contributed by atoms with Gasteiger partial charge in [0.05, 0.1) is 80.8 Å². The van der Waals surface area contributed by atoms with E-state index in [0.29, 0.717) is 70.1 Å². The van der Waals surface area contributed by atoms with Gasteiger partial charge in [-0.3, -0.25) is 23.7 Å². The van der Waals surface area contributed by atoms with Crippen LogP contribution in [0.4, 0.5) is 4.79 Å². The molecule has 1 spiro atoms. The number of amidine groups is 1. The number of ether oxygens (including phenoxy) is 5. The molecule has 4 aromatic carbocycles. The van der Waals surface area contributed by atoms with Crippen LogP contribution in [-0.4, -0.2) is 166 Å². The smallest absolute Gasteiger partial charge is 0.480 e. The third-order valence-electron chi connectivity index (χ3n) is 20.3. The van der Waals surface area contributed by atoms with Gasteiger partial charge < -0.3 is 62.5 Å². The van der Waals surface area contributed by atoms with Crippen LogP contribution in [0.15, 0.2) is 77.8 Å². The van der Waals surface area contributed by atoms with Crippen LogP contribution in [-0.2, 0) is 83.3 Å². The molecule has 3 aliphatic rings. The van der Waals surface area contributed by atoms with Crippen LogP contribution in [0.2, 0.25) is 5.15 Å². The molecule has 610 valence electrons. The van der Waals surface area contributed by atoms with E-state index in [0.717, 1.165) is 155 Å². The number of hydrogen-bond donors (Lipinski definition) is 3. The zero-order valence-electron chi connectivity index (χ0n) is 68.7. The van der Waals surface area contributed by atoms with Gasteiger partial charge in [0.2, 0.25) is 12.2 Å². The Hall–Kier alpha value is -9.89. The molecule has 112 heavy (non-hydrogen) atoms. The summed E-state index contributed by atoms with van der Waals surface area (Å²) in [5.74, 6) is 1.72. The molecule has 28 heteroatoms. The number of unbranched alkanes of at least 4 members (excludes halogenated alkanes) is 4. The van der Waals surface area contributed by atoms with E-state index in [1.165, 1.54) is 41.6 Å². The zero-order chi connectivity index (χ0) is 82.1. The number of fused-ring (bicyclic) bond motifs is 4. The number of carbonyl (C=O) groups is 6. The number of likely N-dealkylation sites (N-methyl/N-ethyl adjacent to an activating group) is 2. The number of aromatic nitrogens is 10. The Morgan fingerprint density at radius 2 is 1.18 bits per heavy atom. The Morgan fingerprint density at radius 3 is 1.71 bits per heavy atom. The van der Waals surface area contributed by atoms with E-state index in [2.05, 4.69) is 96.2 Å². The second-order valence-electron chi connectivity index (χ2n) is 28.9.